The molecule has 0 heterocycles. The average molecular weight is 469 g/mol. The van der Waals surface area contributed by atoms with Crippen molar-refractivity contribution in [3.8, 4) is 5.75 Å². The number of carboxylic acid groups (broad SMARTS) is 1. The molecule has 148 valence electrons. The summed E-state index contributed by atoms with van der Waals surface area (Å²) in [6.07, 6.45) is 2.24. The quantitative estimate of drug-likeness (QED) is 0.386. The standard InChI is InChI=1S/C24H21BrO3S/c1-17-15-21(11-12-23(17)28-16-24(26)27)29-14-13-22(18-5-3-2-4-6-18)19-7-9-20(25)10-8-19/h2-13,15H,14,16H2,1H3,(H,26,27)/b22-13-. The van der Waals surface area contributed by atoms with E-state index in [-0.39, 0.29) is 6.61 Å². The lowest BCUT2D eigenvalue weighted by Gasteiger charge is -2.10. The number of rotatable bonds is 8. The van der Waals surface area contributed by atoms with Crippen molar-refractivity contribution in [2.75, 3.05) is 12.4 Å². The zero-order valence-corrected chi connectivity index (χ0v) is 18.4. The predicted molar refractivity (Wildman–Crippen MR) is 123 cm³/mol. The SMILES string of the molecule is Cc1cc(SC/C=C(/c2ccccc2)c2ccc(Br)cc2)ccc1OCC(=O)O. The van der Waals surface area contributed by atoms with E-state index in [1.807, 2.05) is 43.3 Å². The summed E-state index contributed by atoms with van der Waals surface area (Å²) in [6, 6.07) is 24.5. The number of benzene rings is 3. The molecule has 5 heteroatoms. The number of carbonyl (C=O) groups is 1. The maximum Gasteiger partial charge on any atom is 0.341 e. The van der Waals surface area contributed by atoms with E-state index in [0.717, 1.165) is 20.7 Å². The maximum atomic E-state index is 10.7. The zero-order valence-electron chi connectivity index (χ0n) is 16.0. The molecule has 0 aliphatic heterocycles. The minimum Gasteiger partial charge on any atom is -0.482 e. The van der Waals surface area contributed by atoms with Gasteiger partial charge in [0.25, 0.3) is 0 Å². The van der Waals surface area contributed by atoms with E-state index >= 15 is 0 Å². The first-order chi connectivity index (χ1) is 14.0. The molecule has 0 radical (unpaired) electrons. The predicted octanol–water partition coefficient (Wildman–Crippen LogP) is 6.44. The second kappa shape index (κ2) is 10.3. The van der Waals surface area contributed by atoms with Crippen molar-refractivity contribution in [1.82, 2.24) is 0 Å². The Balaban J connectivity index is 1.75. The second-order valence-electron chi connectivity index (χ2n) is 6.41. The minimum absolute atomic E-state index is 0.330. The summed E-state index contributed by atoms with van der Waals surface area (Å²) >= 11 is 5.23. The number of thioether (sulfide) groups is 1. The van der Waals surface area contributed by atoms with E-state index in [2.05, 4.69) is 58.4 Å². The van der Waals surface area contributed by atoms with Crippen LogP contribution in [0.4, 0.5) is 0 Å². The smallest absolute Gasteiger partial charge is 0.341 e. The number of hydrogen-bond acceptors (Lipinski definition) is 3. The van der Waals surface area contributed by atoms with Gasteiger partial charge in [0.05, 0.1) is 0 Å². The van der Waals surface area contributed by atoms with Crippen molar-refractivity contribution in [2.45, 2.75) is 11.8 Å². The normalized spacial score (nSPS) is 11.3. The molecule has 0 unspecified atom stereocenters. The average Bonchev–Trinajstić information content (AvgIpc) is 2.72. The van der Waals surface area contributed by atoms with Gasteiger partial charge in [-0.15, -0.1) is 11.8 Å². The minimum atomic E-state index is -0.977. The molecular weight excluding hydrogens is 448 g/mol. The van der Waals surface area contributed by atoms with Crippen LogP contribution in [0.15, 0.2) is 88.2 Å². The van der Waals surface area contributed by atoms with Gasteiger partial charge in [-0.2, -0.15) is 0 Å². The number of hydrogen-bond donors (Lipinski definition) is 1. The van der Waals surface area contributed by atoms with Crippen LogP contribution >= 0.6 is 27.7 Å². The van der Waals surface area contributed by atoms with Crippen LogP contribution in [0.1, 0.15) is 16.7 Å². The van der Waals surface area contributed by atoms with E-state index < -0.39 is 5.97 Å². The molecule has 0 fully saturated rings. The molecule has 0 aromatic heterocycles. The molecule has 0 bridgehead atoms. The van der Waals surface area contributed by atoms with Crippen molar-refractivity contribution in [3.63, 3.8) is 0 Å². The molecule has 3 aromatic carbocycles. The number of ether oxygens (including phenoxy) is 1. The summed E-state index contributed by atoms with van der Waals surface area (Å²) in [6.45, 7) is 1.60. The Morgan fingerprint density at radius 3 is 2.38 bits per heavy atom. The summed E-state index contributed by atoms with van der Waals surface area (Å²) < 4.78 is 6.36. The summed E-state index contributed by atoms with van der Waals surface area (Å²) in [5, 5.41) is 8.75. The van der Waals surface area contributed by atoms with Crippen molar-refractivity contribution in [2.24, 2.45) is 0 Å². The third-order valence-electron chi connectivity index (χ3n) is 4.28. The Morgan fingerprint density at radius 2 is 1.72 bits per heavy atom. The lowest BCUT2D eigenvalue weighted by molar-refractivity contribution is -0.139. The summed E-state index contributed by atoms with van der Waals surface area (Å²) in [4.78, 5) is 11.8. The highest BCUT2D eigenvalue weighted by atomic mass is 79.9. The lowest BCUT2D eigenvalue weighted by atomic mass is 9.98. The highest BCUT2D eigenvalue weighted by molar-refractivity contribution is 9.10. The van der Waals surface area contributed by atoms with Gasteiger partial charge in [-0.3, -0.25) is 0 Å². The van der Waals surface area contributed by atoms with Crippen LogP contribution in [0.25, 0.3) is 5.57 Å². The Hall–Kier alpha value is -2.50. The van der Waals surface area contributed by atoms with Gasteiger partial charge in [-0.05, 0) is 59.5 Å². The van der Waals surface area contributed by atoms with E-state index in [0.29, 0.717) is 5.75 Å². The summed E-state index contributed by atoms with van der Waals surface area (Å²) in [7, 11) is 0. The van der Waals surface area contributed by atoms with Crippen LogP contribution in [-0.4, -0.2) is 23.4 Å². The van der Waals surface area contributed by atoms with Crippen LogP contribution in [0.5, 0.6) is 5.75 Å². The largest absolute Gasteiger partial charge is 0.482 e. The van der Waals surface area contributed by atoms with Crippen molar-refractivity contribution in [3.05, 3.63) is 100 Å². The molecule has 0 aliphatic carbocycles. The molecule has 1 N–H and O–H groups in total. The van der Waals surface area contributed by atoms with Gasteiger partial charge >= 0.3 is 5.97 Å². The van der Waals surface area contributed by atoms with Gasteiger partial charge in [0.1, 0.15) is 5.75 Å². The van der Waals surface area contributed by atoms with Gasteiger partial charge < -0.3 is 9.84 Å². The number of halogens is 1. The summed E-state index contributed by atoms with van der Waals surface area (Å²) in [5.41, 5.74) is 4.48. The molecule has 3 nitrogen and oxygen atoms in total. The van der Waals surface area contributed by atoms with Crippen LogP contribution < -0.4 is 4.74 Å². The first kappa shape index (κ1) is 21.2. The van der Waals surface area contributed by atoms with E-state index in [4.69, 9.17) is 9.84 Å². The highest BCUT2D eigenvalue weighted by Gasteiger charge is 2.07. The molecule has 0 saturated carbocycles. The first-order valence-electron chi connectivity index (χ1n) is 9.12. The number of aliphatic carboxylic acids is 1. The fourth-order valence-electron chi connectivity index (χ4n) is 2.88. The monoisotopic (exact) mass is 468 g/mol. The van der Waals surface area contributed by atoms with Crippen LogP contribution in [0.2, 0.25) is 0 Å². The van der Waals surface area contributed by atoms with Crippen molar-refractivity contribution >= 4 is 39.2 Å². The Bertz CT molecular complexity index is 998. The van der Waals surface area contributed by atoms with E-state index in [9.17, 15) is 4.79 Å². The molecule has 0 saturated heterocycles. The maximum absolute atomic E-state index is 10.7. The molecule has 0 aliphatic rings. The van der Waals surface area contributed by atoms with Crippen molar-refractivity contribution in [1.29, 1.82) is 0 Å². The fraction of sp³-hybridized carbons (Fsp3) is 0.125. The molecule has 0 atom stereocenters. The van der Waals surface area contributed by atoms with Crippen LogP contribution in [0, 0.1) is 6.92 Å². The third-order valence-corrected chi connectivity index (χ3v) is 5.72. The third kappa shape index (κ3) is 6.24. The molecule has 29 heavy (non-hydrogen) atoms. The summed E-state index contributed by atoms with van der Waals surface area (Å²) in [5.74, 6) is 0.441. The fourth-order valence-corrected chi connectivity index (χ4v) is 4.02. The Morgan fingerprint density at radius 1 is 1.03 bits per heavy atom. The molecule has 0 spiro atoms. The Labute approximate surface area is 183 Å². The highest BCUT2D eigenvalue weighted by Crippen LogP contribution is 2.29. The number of carboxylic acids is 1. The lowest BCUT2D eigenvalue weighted by Crippen LogP contribution is -2.09. The van der Waals surface area contributed by atoms with Gasteiger partial charge in [-0.25, -0.2) is 4.79 Å². The van der Waals surface area contributed by atoms with Gasteiger partial charge in [0, 0.05) is 15.1 Å². The molecule has 3 aromatic rings. The molecule has 0 amide bonds. The van der Waals surface area contributed by atoms with Crippen LogP contribution in [-0.2, 0) is 4.79 Å². The van der Waals surface area contributed by atoms with Gasteiger partial charge in [-0.1, -0.05) is 64.5 Å². The molecule has 3 rings (SSSR count). The van der Waals surface area contributed by atoms with Gasteiger partial charge in [0.2, 0.25) is 0 Å². The zero-order chi connectivity index (χ0) is 20.6. The number of aryl methyl sites for hydroxylation is 1. The van der Waals surface area contributed by atoms with E-state index in [1.54, 1.807) is 11.8 Å². The first-order valence-corrected chi connectivity index (χ1v) is 10.9. The van der Waals surface area contributed by atoms with Crippen LogP contribution in [0.3, 0.4) is 0 Å². The Kier molecular flexibility index (Phi) is 7.55. The second-order valence-corrected chi connectivity index (χ2v) is 8.42. The molecular formula is C24H21BrO3S. The van der Waals surface area contributed by atoms with Crippen molar-refractivity contribution < 1.29 is 14.6 Å². The van der Waals surface area contributed by atoms with E-state index in [1.165, 1.54) is 16.7 Å². The topological polar surface area (TPSA) is 46.5 Å². The van der Waals surface area contributed by atoms with Gasteiger partial charge in [0.15, 0.2) is 6.61 Å².